The van der Waals surface area contributed by atoms with Crippen molar-refractivity contribution in [3.63, 3.8) is 0 Å². The van der Waals surface area contributed by atoms with Crippen LogP contribution in [0.5, 0.6) is 0 Å². The SMILES string of the molecule is CCC(=O)Nc1ccc(Nc2cc(NC3(c4ccccc4)CC3)c(C(N)=O)cn2)cc1. The van der Waals surface area contributed by atoms with Crippen LogP contribution < -0.4 is 21.7 Å². The molecule has 0 radical (unpaired) electrons. The fourth-order valence-electron chi connectivity index (χ4n) is 3.48. The summed E-state index contributed by atoms with van der Waals surface area (Å²) < 4.78 is 0. The highest BCUT2D eigenvalue weighted by atomic mass is 16.1. The van der Waals surface area contributed by atoms with Crippen LogP contribution in [0.2, 0.25) is 0 Å². The van der Waals surface area contributed by atoms with E-state index in [1.807, 2.05) is 49.4 Å². The molecular weight excluding hydrogens is 390 g/mol. The number of rotatable bonds is 8. The van der Waals surface area contributed by atoms with Crippen molar-refractivity contribution >= 4 is 34.7 Å². The minimum Gasteiger partial charge on any atom is -0.375 e. The molecule has 0 saturated heterocycles. The standard InChI is InChI=1S/C24H25N5O2/c1-2-22(30)28-18-10-8-17(9-11-18)27-21-14-20(19(15-26-21)23(25)31)29-24(12-13-24)16-6-4-3-5-7-16/h3-11,14-15H,2,12-13H2,1H3,(H2,25,31)(H,28,30)(H2,26,27,29). The summed E-state index contributed by atoms with van der Waals surface area (Å²) in [5.74, 6) is 0.0238. The van der Waals surface area contributed by atoms with Gasteiger partial charge < -0.3 is 21.7 Å². The summed E-state index contributed by atoms with van der Waals surface area (Å²) >= 11 is 0. The monoisotopic (exact) mass is 415 g/mol. The number of aromatic nitrogens is 1. The smallest absolute Gasteiger partial charge is 0.252 e. The fourth-order valence-corrected chi connectivity index (χ4v) is 3.48. The average molecular weight is 415 g/mol. The van der Waals surface area contributed by atoms with Crippen LogP contribution in [0.1, 0.15) is 42.1 Å². The first kappa shape index (κ1) is 20.4. The van der Waals surface area contributed by atoms with E-state index in [1.54, 1.807) is 6.07 Å². The lowest BCUT2D eigenvalue weighted by atomic mass is 10.0. The molecule has 0 bridgehead atoms. The number of carbonyl (C=O) groups excluding carboxylic acids is 2. The number of nitrogens with zero attached hydrogens (tertiary/aromatic N) is 1. The molecule has 0 atom stereocenters. The molecule has 4 rings (SSSR count). The van der Waals surface area contributed by atoms with Crippen LogP contribution in [-0.4, -0.2) is 16.8 Å². The van der Waals surface area contributed by atoms with Crippen LogP contribution >= 0.6 is 0 Å². The molecule has 0 spiro atoms. The third kappa shape index (κ3) is 4.66. The lowest BCUT2D eigenvalue weighted by molar-refractivity contribution is -0.115. The van der Waals surface area contributed by atoms with Gasteiger partial charge in [0.25, 0.3) is 5.91 Å². The predicted molar refractivity (Wildman–Crippen MR) is 122 cm³/mol. The first-order chi connectivity index (χ1) is 15.0. The van der Waals surface area contributed by atoms with Crippen LogP contribution in [-0.2, 0) is 10.3 Å². The molecule has 1 aliphatic rings. The molecule has 1 saturated carbocycles. The van der Waals surface area contributed by atoms with Crippen molar-refractivity contribution in [2.75, 3.05) is 16.0 Å². The second-order valence-corrected chi connectivity index (χ2v) is 7.66. The van der Waals surface area contributed by atoms with Gasteiger partial charge in [-0.05, 0) is 42.7 Å². The third-order valence-corrected chi connectivity index (χ3v) is 5.38. The van der Waals surface area contributed by atoms with E-state index in [4.69, 9.17) is 5.73 Å². The number of hydrogen-bond acceptors (Lipinski definition) is 5. The van der Waals surface area contributed by atoms with Crippen molar-refractivity contribution in [2.24, 2.45) is 5.73 Å². The largest absolute Gasteiger partial charge is 0.375 e. The molecule has 1 heterocycles. The normalized spacial score (nSPS) is 13.8. The zero-order chi connectivity index (χ0) is 21.8. The van der Waals surface area contributed by atoms with E-state index in [2.05, 4.69) is 33.1 Å². The first-order valence-corrected chi connectivity index (χ1v) is 10.3. The van der Waals surface area contributed by atoms with Gasteiger partial charge in [0.05, 0.1) is 16.8 Å². The minimum absolute atomic E-state index is 0.0347. The molecule has 7 nitrogen and oxygen atoms in total. The molecule has 1 aromatic heterocycles. The summed E-state index contributed by atoms with van der Waals surface area (Å²) in [6.07, 6.45) is 3.87. The van der Waals surface area contributed by atoms with Gasteiger partial charge in [0, 0.05) is 30.1 Å². The highest BCUT2D eigenvalue weighted by molar-refractivity contribution is 5.99. The minimum atomic E-state index is -0.526. The number of nitrogens with one attached hydrogen (secondary N) is 3. The molecular formula is C24H25N5O2. The molecule has 158 valence electrons. The van der Waals surface area contributed by atoms with Crippen molar-refractivity contribution in [2.45, 2.75) is 31.7 Å². The summed E-state index contributed by atoms with van der Waals surface area (Å²) in [6.45, 7) is 1.81. The van der Waals surface area contributed by atoms with Gasteiger partial charge in [0.1, 0.15) is 5.82 Å². The highest BCUT2D eigenvalue weighted by Crippen LogP contribution is 2.48. The van der Waals surface area contributed by atoms with Gasteiger partial charge in [0.2, 0.25) is 5.91 Å². The van der Waals surface area contributed by atoms with Gasteiger partial charge in [-0.25, -0.2) is 4.98 Å². The summed E-state index contributed by atoms with van der Waals surface area (Å²) in [6, 6.07) is 19.3. The Morgan fingerprint density at radius 1 is 1.03 bits per heavy atom. The Hall–Kier alpha value is -3.87. The van der Waals surface area contributed by atoms with Gasteiger partial charge in [-0.2, -0.15) is 0 Å². The molecule has 2 amide bonds. The van der Waals surface area contributed by atoms with E-state index in [-0.39, 0.29) is 11.4 Å². The fraction of sp³-hybridized carbons (Fsp3) is 0.208. The number of nitrogens with two attached hydrogens (primary N) is 1. The molecule has 0 unspecified atom stereocenters. The lowest BCUT2D eigenvalue weighted by Gasteiger charge is -2.21. The van der Waals surface area contributed by atoms with Crippen molar-refractivity contribution in [3.8, 4) is 0 Å². The van der Waals surface area contributed by atoms with Gasteiger partial charge in [-0.3, -0.25) is 9.59 Å². The summed E-state index contributed by atoms with van der Waals surface area (Å²) in [5, 5.41) is 9.58. The van der Waals surface area contributed by atoms with E-state index < -0.39 is 5.91 Å². The molecule has 0 aliphatic heterocycles. The number of carbonyl (C=O) groups is 2. The third-order valence-electron chi connectivity index (χ3n) is 5.38. The Morgan fingerprint density at radius 2 is 1.71 bits per heavy atom. The Morgan fingerprint density at radius 3 is 2.32 bits per heavy atom. The number of pyridine rings is 1. The predicted octanol–water partition coefficient (Wildman–Crippen LogP) is 4.37. The molecule has 3 aromatic rings. The van der Waals surface area contributed by atoms with Gasteiger partial charge >= 0.3 is 0 Å². The van der Waals surface area contributed by atoms with Crippen LogP contribution in [0.3, 0.4) is 0 Å². The number of primary amides is 1. The van der Waals surface area contributed by atoms with E-state index in [0.29, 0.717) is 23.5 Å². The van der Waals surface area contributed by atoms with Gasteiger partial charge in [0.15, 0.2) is 0 Å². The summed E-state index contributed by atoms with van der Waals surface area (Å²) in [7, 11) is 0. The Kier molecular flexibility index (Phi) is 5.58. The van der Waals surface area contributed by atoms with Crippen molar-refractivity contribution in [1.29, 1.82) is 0 Å². The lowest BCUT2D eigenvalue weighted by Crippen LogP contribution is -2.22. The zero-order valence-electron chi connectivity index (χ0n) is 17.3. The Labute approximate surface area is 181 Å². The number of anilines is 4. The quantitative estimate of drug-likeness (QED) is 0.437. The van der Waals surface area contributed by atoms with Crippen LogP contribution in [0.15, 0.2) is 66.9 Å². The highest BCUT2D eigenvalue weighted by Gasteiger charge is 2.44. The zero-order valence-corrected chi connectivity index (χ0v) is 17.3. The number of amides is 2. The van der Waals surface area contributed by atoms with E-state index in [1.165, 1.54) is 11.8 Å². The van der Waals surface area contributed by atoms with E-state index >= 15 is 0 Å². The number of benzene rings is 2. The summed E-state index contributed by atoms with van der Waals surface area (Å²) in [4.78, 5) is 27.8. The molecule has 1 aliphatic carbocycles. The van der Waals surface area contributed by atoms with E-state index in [9.17, 15) is 9.59 Å². The van der Waals surface area contributed by atoms with Crippen LogP contribution in [0, 0.1) is 0 Å². The Balaban J connectivity index is 1.55. The Bertz CT molecular complexity index is 1090. The van der Waals surface area contributed by atoms with Gasteiger partial charge in [-0.1, -0.05) is 37.3 Å². The molecule has 2 aromatic carbocycles. The maximum atomic E-state index is 12.0. The number of hydrogen-bond donors (Lipinski definition) is 4. The van der Waals surface area contributed by atoms with Crippen molar-refractivity contribution < 1.29 is 9.59 Å². The van der Waals surface area contributed by atoms with Crippen molar-refractivity contribution in [1.82, 2.24) is 4.98 Å². The second-order valence-electron chi connectivity index (χ2n) is 7.66. The molecule has 7 heteroatoms. The van der Waals surface area contributed by atoms with Gasteiger partial charge in [-0.15, -0.1) is 0 Å². The van der Waals surface area contributed by atoms with Crippen molar-refractivity contribution in [3.05, 3.63) is 78.0 Å². The first-order valence-electron chi connectivity index (χ1n) is 10.3. The van der Waals surface area contributed by atoms with E-state index in [0.717, 1.165) is 24.2 Å². The maximum Gasteiger partial charge on any atom is 0.252 e. The van der Waals surface area contributed by atoms with Crippen LogP contribution in [0.25, 0.3) is 0 Å². The molecule has 5 N–H and O–H groups in total. The van der Waals surface area contributed by atoms with Crippen LogP contribution in [0.4, 0.5) is 22.9 Å². The average Bonchev–Trinajstić information content (AvgIpc) is 3.56. The maximum absolute atomic E-state index is 12.0. The summed E-state index contributed by atoms with van der Waals surface area (Å²) in [5.41, 5.74) is 9.12. The molecule has 31 heavy (non-hydrogen) atoms. The second kappa shape index (κ2) is 8.47. The molecule has 1 fully saturated rings. The topological polar surface area (TPSA) is 109 Å².